The van der Waals surface area contributed by atoms with E-state index in [0.717, 1.165) is 48.1 Å². The summed E-state index contributed by atoms with van der Waals surface area (Å²) < 4.78 is 34.9. The topological polar surface area (TPSA) is 59.5 Å². The molecule has 0 saturated carbocycles. The van der Waals surface area contributed by atoms with Crippen molar-refractivity contribution in [2.24, 2.45) is 0 Å². The number of hydrogen-bond donors (Lipinski definition) is 0. The van der Waals surface area contributed by atoms with Gasteiger partial charge in [-0.3, -0.25) is 4.98 Å². The molecule has 4 rings (SSSR count). The predicted molar refractivity (Wildman–Crippen MR) is 104 cm³/mol. The van der Waals surface area contributed by atoms with Crippen molar-refractivity contribution in [3.63, 3.8) is 0 Å². The van der Waals surface area contributed by atoms with E-state index in [9.17, 15) is 8.42 Å². The molecule has 6 heteroatoms. The number of ether oxygens (including phenoxy) is 1. The highest BCUT2D eigenvalue weighted by Gasteiger charge is 2.48. The van der Waals surface area contributed by atoms with Gasteiger partial charge < -0.3 is 4.74 Å². The summed E-state index contributed by atoms with van der Waals surface area (Å²) in [5, 5.41) is 0. The Balaban J connectivity index is 1.59. The van der Waals surface area contributed by atoms with Crippen LogP contribution in [0.1, 0.15) is 42.4 Å². The van der Waals surface area contributed by atoms with Gasteiger partial charge in [-0.15, -0.1) is 0 Å². The van der Waals surface area contributed by atoms with Crippen LogP contribution in [0, 0.1) is 20.8 Å². The molecule has 2 fully saturated rings. The molecule has 2 atom stereocenters. The molecule has 3 heterocycles. The summed E-state index contributed by atoms with van der Waals surface area (Å²) in [6, 6.07) is 7.69. The summed E-state index contributed by atoms with van der Waals surface area (Å²) in [5.74, 6) is 0.753. The number of hydrogen-bond acceptors (Lipinski definition) is 4. The molecule has 0 aliphatic carbocycles. The van der Waals surface area contributed by atoms with Crippen LogP contribution in [0.4, 0.5) is 0 Å². The van der Waals surface area contributed by atoms with Gasteiger partial charge in [-0.05, 0) is 56.9 Å². The number of nitrogens with zero attached hydrogens (tertiary/aromatic N) is 2. The molecule has 2 aromatic rings. The summed E-state index contributed by atoms with van der Waals surface area (Å²) in [7, 11) is -3.51. The molecule has 2 unspecified atom stereocenters. The minimum Gasteiger partial charge on any atom is -0.489 e. The quantitative estimate of drug-likeness (QED) is 0.803. The van der Waals surface area contributed by atoms with Crippen LogP contribution in [0.25, 0.3) is 0 Å². The van der Waals surface area contributed by atoms with Gasteiger partial charge in [0.2, 0.25) is 10.0 Å². The maximum atomic E-state index is 13.5. The first-order valence-corrected chi connectivity index (χ1v) is 11.0. The molecule has 5 nitrogen and oxygen atoms in total. The smallest absolute Gasteiger partial charge is 0.244 e. The molecule has 1 aromatic heterocycles. The van der Waals surface area contributed by atoms with Crippen molar-refractivity contribution in [2.75, 3.05) is 0 Å². The van der Waals surface area contributed by atoms with E-state index in [-0.39, 0.29) is 18.2 Å². The average Bonchev–Trinajstić information content (AvgIpc) is 2.87. The lowest BCUT2D eigenvalue weighted by atomic mass is 10.0. The van der Waals surface area contributed by atoms with E-state index in [0.29, 0.717) is 4.90 Å². The normalized spacial score (nSPS) is 25.5. The molecule has 2 bridgehead atoms. The second-order valence-corrected chi connectivity index (χ2v) is 9.63. The Bertz CT molecular complexity index is 906. The fourth-order valence-corrected chi connectivity index (χ4v) is 7.17. The first-order valence-electron chi connectivity index (χ1n) is 9.54. The zero-order valence-electron chi connectivity index (χ0n) is 16.1. The van der Waals surface area contributed by atoms with Crippen LogP contribution in [0.3, 0.4) is 0 Å². The summed E-state index contributed by atoms with van der Waals surface area (Å²) >= 11 is 0. The monoisotopic (exact) mass is 386 g/mol. The highest BCUT2D eigenvalue weighted by molar-refractivity contribution is 7.89. The van der Waals surface area contributed by atoms with Crippen LogP contribution in [0.5, 0.6) is 5.75 Å². The number of piperidine rings is 1. The molecule has 0 N–H and O–H groups in total. The van der Waals surface area contributed by atoms with Gasteiger partial charge >= 0.3 is 0 Å². The Morgan fingerprint density at radius 2 is 1.70 bits per heavy atom. The van der Waals surface area contributed by atoms with Crippen molar-refractivity contribution in [1.82, 2.24) is 9.29 Å². The van der Waals surface area contributed by atoms with Gasteiger partial charge in [0.15, 0.2) is 0 Å². The maximum absolute atomic E-state index is 13.5. The lowest BCUT2D eigenvalue weighted by Gasteiger charge is -2.38. The minimum atomic E-state index is -3.51. The van der Waals surface area contributed by atoms with Crippen molar-refractivity contribution in [2.45, 2.75) is 69.5 Å². The van der Waals surface area contributed by atoms with E-state index < -0.39 is 10.0 Å². The first-order chi connectivity index (χ1) is 12.9. The lowest BCUT2D eigenvalue weighted by Crippen LogP contribution is -2.49. The van der Waals surface area contributed by atoms with Crippen molar-refractivity contribution >= 4 is 10.0 Å². The largest absolute Gasteiger partial charge is 0.489 e. The predicted octanol–water partition coefficient (Wildman–Crippen LogP) is 3.77. The standard InChI is InChI=1S/C21H26N2O3S/c1-14-9-15(2)21(16(3)10-14)27(24,25)23-17-6-7-18(23)12-20(11-17)26-19-5-4-8-22-13-19/h4-5,8-10,13,17-18,20H,6-7,11-12H2,1-3H3. The molecular weight excluding hydrogens is 360 g/mol. The number of aromatic nitrogens is 1. The third-order valence-corrected chi connectivity index (χ3v) is 8.01. The fraction of sp³-hybridized carbons (Fsp3) is 0.476. The van der Waals surface area contributed by atoms with Crippen LogP contribution >= 0.6 is 0 Å². The number of sulfonamides is 1. The van der Waals surface area contributed by atoms with Crippen LogP contribution in [0.15, 0.2) is 41.6 Å². The minimum absolute atomic E-state index is 0.00974. The van der Waals surface area contributed by atoms with Gasteiger partial charge in [-0.1, -0.05) is 17.7 Å². The third kappa shape index (κ3) is 3.36. The summed E-state index contributed by atoms with van der Waals surface area (Å²) in [5.41, 5.74) is 2.76. The number of rotatable bonds is 4. The van der Waals surface area contributed by atoms with Crippen molar-refractivity contribution in [3.05, 3.63) is 53.3 Å². The van der Waals surface area contributed by atoms with E-state index in [1.54, 1.807) is 16.7 Å². The zero-order valence-corrected chi connectivity index (χ0v) is 16.9. The Morgan fingerprint density at radius 3 is 2.26 bits per heavy atom. The van der Waals surface area contributed by atoms with Crippen molar-refractivity contribution in [1.29, 1.82) is 0 Å². The highest BCUT2D eigenvalue weighted by Crippen LogP contribution is 2.42. The first kappa shape index (κ1) is 18.4. The second kappa shape index (κ2) is 6.91. The molecule has 0 amide bonds. The summed E-state index contributed by atoms with van der Waals surface area (Å²) in [6.45, 7) is 5.79. The molecular formula is C21H26N2O3S. The number of benzene rings is 1. The van der Waals surface area contributed by atoms with Crippen molar-refractivity contribution < 1.29 is 13.2 Å². The van der Waals surface area contributed by atoms with E-state index in [2.05, 4.69) is 4.98 Å². The second-order valence-electron chi connectivity index (χ2n) is 7.85. The number of pyridine rings is 1. The van der Waals surface area contributed by atoms with E-state index >= 15 is 0 Å². The molecule has 27 heavy (non-hydrogen) atoms. The molecule has 144 valence electrons. The average molecular weight is 387 g/mol. The van der Waals surface area contributed by atoms with E-state index in [4.69, 9.17) is 4.74 Å². The maximum Gasteiger partial charge on any atom is 0.244 e. The Morgan fingerprint density at radius 1 is 1.07 bits per heavy atom. The highest BCUT2D eigenvalue weighted by atomic mass is 32.2. The summed E-state index contributed by atoms with van der Waals surface area (Å²) in [6.07, 6.45) is 6.74. The Labute approximate surface area is 161 Å². The van der Waals surface area contributed by atoms with Crippen LogP contribution in [-0.4, -0.2) is 35.9 Å². The Hall–Kier alpha value is -1.92. The molecule has 2 aliphatic heterocycles. The van der Waals surface area contributed by atoms with Crippen LogP contribution in [0.2, 0.25) is 0 Å². The molecule has 2 saturated heterocycles. The zero-order chi connectivity index (χ0) is 19.2. The summed E-state index contributed by atoms with van der Waals surface area (Å²) in [4.78, 5) is 4.58. The van der Waals surface area contributed by atoms with E-state index in [1.807, 2.05) is 45.0 Å². The third-order valence-electron chi connectivity index (χ3n) is 5.70. The van der Waals surface area contributed by atoms with Crippen LogP contribution in [-0.2, 0) is 10.0 Å². The van der Waals surface area contributed by atoms with Crippen molar-refractivity contribution in [3.8, 4) is 5.75 Å². The van der Waals surface area contributed by atoms with Gasteiger partial charge in [-0.2, -0.15) is 4.31 Å². The number of fused-ring (bicyclic) bond motifs is 2. The lowest BCUT2D eigenvalue weighted by molar-refractivity contribution is 0.0953. The molecule has 2 aliphatic rings. The fourth-order valence-electron chi connectivity index (χ4n) is 4.86. The van der Waals surface area contributed by atoms with Crippen LogP contribution < -0.4 is 4.74 Å². The van der Waals surface area contributed by atoms with Gasteiger partial charge in [0.25, 0.3) is 0 Å². The van der Waals surface area contributed by atoms with Gasteiger partial charge in [0, 0.05) is 31.1 Å². The Kier molecular flexibility index (Phi) is 4.72. The van der Waals surface area contributed by atoms with Gasteiger partial charge in [0.1, 0.15) is 11.9 Å². The van der Waals surface area contributed by atoms with Gasteiger partial charge in [-0.25, -0.2) is 8.42 Å². The SMILES string of the molecule is Cc1cc(C)c(S(=O)(=O)N2C3CCC2CC(Oc2cccnc2)C3)c(C)c1. The van der Waals surface area contributed by atoms with Gasteiger partial charge in [0.05, 0.1) is 11.1 Å². The van der Waals surface area contributed by atoms with E-state index in [1.165, 1.54) is 0 Å². The molecule has 1 aromatic carbocycles. The molecule has 0 radical (unpaired) electrons. The number of aryl methyl sites for hydroxylation is 3. The molecule has 0 spiro atoms.